The van der Waals surface area contributed by atoms with Crippen molar-refractivity contribution in [3.63, 3.8) is 0 Å². The van der Waals surface area contributed by atoms with Crippen LogP contribution < -0.4 is 11.1 Å². The van der Waals surface area contributed by atoms with Crippen molar-refractivity contribution >= 4 is 23.3 Å². The Hall–Kier alpha value is -2.11. The lowest BCUT2D eigenvalue weighted by Crippen LogP contribution is -2.49. The first kappa shape index (κ1) is 17.7. The highest BCUT2D eigenvalue weighted by Gasteiger charge is 2.36. The van der Waals surface area contributed by atoms with E-state index in [2.05, 4.69) is 46.4 Å². The summed E-state index contributed by atoms with van der Waals surface area (Å²) < 4.78 is 0. The normalized spacial score (nSPS) is 20.6. The molecule has 1 atom stereocenters. The Morgan fingerprint density at radius 1 is 1.40 bits per heavy atom. The number of amides is 1. The predicted octanol–water partition coefficient (Wildman–Crippen LogP) is 3.10. The summed E-state index contributed by atoms with van der Waals surface area (Å²) in [6.07, 6.45) is 3.64. The van der Waals surface area contributed by atoms with Gasteiger partial charge in [0.15, 0.2) is 0 Å². The zero-order valence-corrected chi connectivity index (χ0v) is 15.1. The van der Waals surface area contributed by atoms with Crippen LogP contribution in [0.5, 0.6) is 0 Å². The van der Waals surface area contributed by atoms with Crippen molar-refractivity contribution in [1.82, 2.24) is 15.2 Å². The third-order valence-electron chi connectivity index (χ3n) is 4.88. The van der Waals surface area contributed by atoms with Crippen molar-refractivity contribution in [3.05, 3.63) is 58.7 Å². The number of pyridine rings is 1. The van der Waals surface area contributed by atoms with Crippen LogP contribution in [0.1, 0.15) is 35.7 Å². The smallest absolute Gasteiger partial charge is 0.252 e. The number of nitrogens with zero attached hydrogens (tertiary/aromatic N) is 2. The molecule has 25 heavy (non-hydrogen) atoms. The number of aromatic nitrogens is 1. The third-order valence-corrected chi connectivity index (χ3v) is 5.19. The summed E-state index contributed by atoms with van der Waals surface area (Å²) in [5.74, 6) is 0.0530. The quantitative estimate of drug-likeness (QED) is 0.861. The molecule has 1 aliphatic heterocycles. The zero-order valence-electron chi connectivity index (χ0n) is 14.3. The van der Waals surface area contributed by atoms with Crippen LogP contribution in [-0.2, 0) is 6.54 Å². The van der Waals surface area contributed by atoms with Gasteiger partial charge in [-0.3, -0.25) is 9.69 Å². The van der Waals surface area contributed by atoms with Crippen LogP contribution in [0.25, 0.3) is 0 Å². The molecule has 0 spiro atoms. The van der Waals surface area contributed by atoms with E-state index in [-0.39, 0.29) is 17.3 Å². The van der Waals surface area contributed by atoms with Crippen molar-refractivity contribution in [1.29, 1.82) is 0 Å². The molecular formula is C19H23ClN4O. The average molecular weight is 359 g/mol. The second kappa shape index (κ2) is 7.42. The number of halogens is 1. The average Bonchev–Trinajstić information content (AvgIpc) is 2.97. The second-order valence-corrected chi connectivity index (χ2v) is 7.19. The van der Waals surface area contributed by atoms with Crippen LogP contribution in [-0.4, -0.2) is 34.4 Å². The first-order chi connectivity index (χ1) is 12.0. The maximum absolute atomic E-state index is 12.4. The fraction of sp³-hybridized carbons (Fsp3) is 0.368. The Kier molecular flexibility index (Phi) is 5.25. The van der Waals surface area contributed by atoms with Gasteiger partial charge in [0, 0.05) is 24.8 Å². The molecule has 0 saturated carbocycles. The molecule has 3 rings (SSSR count). The van der Waals surface area contributed by atoms with Crippen LogP contribution in [0.15, 0.2) is 42.6 Å². The Balaban J connectivity index is 1.64. The van der Waals surface area contributed by atoms with Gasteiger partial charge in [-0.1, -0.05) is 41.9 Å². The maximum atomic E-state index is 12.4. The fourth-order valence-corrected chi connectivity index (χ4v) is 3.46. The van der Waals surface area contributed by atoms with Gasteiger partial charge >= 0.3 is 0 Å². The van der Waals surface area contributed by atoms with E-state index in [0.29, 0.717) is 17.1 Å². The summed E-state index contributed by atoms with van der Waals surface area (Å²) >= 11 is 5.95. The van der Waals surface area contributed by atoms with Gasteiger partial charge < -0.3 is 11.1 Å². The maximum Gasteiger partial charge on any atom is 0.252 e. The lowest BCUT2D eigenvalue weighted by molar-refractivity contribution is 0.0897. The Labute approximate surface area is 153 Å². The van der Waals surface area contributed by atoms with Gasteiger partial charge in [0.05, 0.1) is 10.6 Å². The minimum Gasteiger partial charge on any atom is -0.382 e. The third kappa shape index (κ3) is 4.11. The number of anilines is 1. The van der Waals surface area contributed by atoms with Crippen molar-refractivity contribution in [2.24, 2.45) is 0 Å². The van der Waals surface area contributed by atoms with Crippen LogP contribution in [0.2, 0.25) is 5.02 Å². The molecule has 0 radical (unpaired) electrons. The molecule has 1 amide bonds. The highest BCUT2D eigenvalue weighted by Crippen LogP contribution is 2.30. The number of carbonyl (C=O) groups excluding carboxylic acids is 1. The van der Waals surface area contributed by atoms with E-state index in [0.717, 1.165) is 25.9 Å². The minimum atomic E-state index is -0.179. The van der Waals surface area contributed by atoms with Crippen molar-refractivity contribution in [2.45, 2.75) is 31.8 Å². The number of nitrogens with one attached hydrogen (secondary N) is 1. The number of likely N-dealkylation sites (tertiary alicyclic amines) is 1. The summed E-state index contributed by atoms with van der Waals surface area (Å²) in [5, 5.41) is 3.32. The SMILES string of the molecule is C[C@@]1(CNC(=O)c2cnc(N)c(Cl)c2)CCCN1Cc1ccccc1. The van der Waals surface area contributed by atoms with Crippen LogP contribution in [0.4, 0.5) is 5.82 Å². The number of hydrogen-bond donors (Lipinski definition) is 2. The summed E-state index contributed by atoms with van der Waals surface area (Å²) in [6.45, 7) is 4.72. The Morgan fingerprint density at radius 2 is 2.16 bits per heavy atom. The van der Waals surface area contributed by atoms with Crippen LogP contribution in [0.3, 0.4) is 0 Å². The summed E-state index contributed by atoms with van der Waals surface area (Å²) in [7, 11) is 0. The summed E-state index contributed by atoms with van der Waals surface area (Å²) in [4.78, 5) is 18.8. The highest BCUT2D eigenvalue weighted by atomic mass is 35.5. The Bertz CT molecular complexity index is 752. The van der Waals surface area contributed by atoms with Gasteiger partial charge in [0.1, 0.15) is 5.82 Å². The number of nitrogen functional groups attached to an aromatic ring is 1. The van der Waals surface area contributed by atoms with Crippen molar-refractivity contribution in [2.75, 3.05) is 18.8 Å². The molecule has 1 aromatic heterocycles. The number of benzene rings is 1. The number of hydrogen-bond acceptors (Lipinski definition) is 4. The van der Waals surface area contributed by atoms with E-state index in [4.69, 9.17) is 17.3 Å². The number of nitrogens with two attached hydrogens (primary N) is 1. The van der Waals surface area contributed by atoms with E-state index >= 15 is 0 Å². The van der Waals surface area contributed by atoms with Crippen LogP contribution in [0, 0.1) is 0 Å². The van der Waals surface area contributed by atoms with Crippen molar-refractivity contribution in [3.8, 4) is 0 Å². The van der Waals surface area contributed by atoms with Gasteiger partial charge in [0.25, 0.3) is 5.91 Å². The van der Waals surface area contributed by atoms with Gasteiger partial charge in [-0.25, -0.2) is 4.98 Å². The van der Waals surface area contributed by atoms with E-state index in [1.165, 1.54) is 11.8 Å². The molecule has 1 saturated heterocycles. The van der Waals surface area contributed by atoms with Gasteiger partial charge in [-0.15, -0.1) is 0 Å². The fourth-order valence-electron chi connectivity index (χ4n) is 3.30. The predicted molar refractivity (Wildman–Crippen MR) is 100 cm³/mol. The molecule has 1 aromatic carbocycles. The van der Waals surface area contributed by atoms with Gasteiger partial charge in [-0.2, -0.15) is 0 Å². The second-order valence-electron chi connectivity index (χ2n) is 6.78. The molecule has 1 fully saturated rings. The van der Waals surface area contributed by atoms with Crippen molar-refractivity contribution < 1.29 is 4.79 Å². The standard InChI is InChI=1S/C19H23ClN4O/c1-19(8-5-9-24(19)12-14-6-3-2-4-7-14)13-23-18(25)15-10-16(20)17(21)22-11-15/h2-4,6-7,10-11H,5,8-9,12-13H2,1H3,(H2,21,22)(H,23,25)/t19-/m0/s1. The highest BCUT2D eigenvalue weighted by molar-refractivity contribution is 6.33. The van der Waals surface area contributed by atoms with Gasteiger partial charge in [-0.05, 0) is 37.9 Å². The molecule has 0 bridgehead atoms. The van der Waals surface area contributed by atoms with Gasteiger partial charge in [0.2, 0.25) is 0 Å². The summed E-state index contributed by atoms with van der Waals surface area (Å²) in [5.41, 5.74) is 7.25. The monoisotopic (exact) mass is 358 g/mol. The molecule has 3 N–H and O–H groups in total. The van der Waals surface area contributed by atoms with E-state index in [9.17, 15) is 4.79 Å². The molecule has 6 heteroatoms. The molecule has 0 aliphatic carbocycles. The Morgan fingerprint density at radius 3 is 2.88 bits per heavy atom. The van der Waals surface area contributed by atoms with E-state index in [1.54, 1.807) is 6.07 Å². The number of rotatable bonds is 5. The van der Waals surface area contributed by atoms with E-state index < -0.39 is 0 Å². The largest absolute Gasteiger partial charge is 0.382 e. The molecule has 132 valence electrons. The van der Waals surface area contributed by atoms with Crippen LogP contribution >= 0.6 is 11.6 Å². The molecule has 5 nitrogen and oxygen atoms in total. The number of carbonyl (C=O) groups is 1. The lowest BCUT2D eigenvalue weighted by Gasteiger charge is -2.35. The molecular weight excluding hydrogens is 336 g/mol. The first-order valence-corrected chi connectivity index (χ1v) is 8.84. The molecule has 2 heterocycles. The topological polar surface area (TPSA) is 71.2 Å². The molecule has 1 aliphatic rings. The van der Waals surface area contributed by atoms with E-state index in [1.807, 2.05) is 6.07 Å². The lowest BCUT2D eigenvalue weighted by atomic mass is 9.98. The molecule has 2 aromatic rings. The minimum absolute atomic E-state index is 0.0590. The zero-order chi connectivity index (χ0) is 17.9. The summed E-state index contributed by atoms with van der Waals surface area (Å²) in [6, 6.07) is 12.0. The first-order valence-electron chi connectivity index (χ1n) is 8.46. The molecule has 0 unspecified atom stereocenters.